The second-order valence-corrected chi connectivity index (χ2v) is 12.4. The van der Waals surface area contributed by atoms with Crippen LogP contribution in [-0.2, 0) is 39.8 Å². The van der Waals surface area contributed by atoms with Crippen molar-refractivity contribution in [1.82, 2.24) is 24.6 Å². The molecule has 3 atom stereocenters. The van der Waals surface area contributed by atoms with Crippen molar-refractivity contribution in [3.63, 3.8) is 0 Å². The summed E-state index contributed by atoms with van der Waals surface area (Å²) in [6.45, 7) is 7.25. The smallest absolute Gasteiger partial charge is 0.342 e. The van der Waals surface area contributed by atoms with Crippen molar-refractivity contribution in [1.29, 1.82) is 0 Å². The maximum absolute atomic E-state index is 13.6. The maximum atomic E-state index is 13.6. The van der Waals surface area contributed by atoms with Crippen LogP contribution >= 0.6 is 7.52 Å². The molecule has 19 heteroatoms. The Balaban J connectivity index is 0.000000479. The van der Waals surface area contributed by atoms with E-state index in [0.29, 0.717) is 29.3 Å². The number of aliphatic carboxylic acids is 3. The highest BCUT2D eigenvalue weighted by Gasteiger charge is 2.40. The predicted molar refractivity (Wildman–Crippen MR) is 161 cm³/mol. The number of nitrogens with zero attached hydrogens (tertiary/aromatic N) is 4. The van der Waals surface area contributed by atoms with Gasteiger partial charge in [-0.2, -0.15) is 0 Å². The predicted octanol–water partition coefficient (Wildman–Crippen LogP) is 1.72. The van der Waals surface area contributed by atoms with E-state index in [1.54, 1.807) is 55.9 Å². The fourth-order valence-electron chi connectivity index (χ4n) is 3.73. The number of nitrogens with two attached hydrogens (primary N) is 1. The molecule has 46 heavy (non-hydrogen) atoms. The topological polar surface area (TPSA) is 276 Å². The van der Waals surface area contributed by atoms with Gasteiger partial charge in [-0.25, -0.2) is 24.8 Å². The van der Waals surface area contributed by atoms with E-state index in [-0.39, 0.29) is 18.6 Å². The van der Waals surface area contributed by atoms with Gasteiger partial charge < -0.3 is 44.7 Å². The molecule has 0 radical (unpaired) electrons. The number of carboxylic acids is 3. The van der Waals surface area contributed by atoms with Crippen LogP contribution in [0.5, 0.6) is 5.75 Å². The van der Waals surface area contributed by atoms with E-state index in [2.05, 4.69) is 20.0 Å². The second kappa shape index (κ2) is 16.6. The molecule has 18 nitrogen and oxygen atoms in total. The Bertz CT molecular complexity index is 1530. The summed E-state index contributed by atoms with van der Waals surface area (Å²) in [4.78, 5) is 55.1. The summed E-state index contributed by atoms with van der Waals surface area (Å²) >= 11 is 0. The van der Waals surface area contributed by atoms with Crippen molar-refractivity contribution in [3.8, 4) is 5.75 Å². The van der Waals surface area contributed by atoms with Crippen LogP contribution in [0, 0.1) is 0 Å². The monoisotopic (exact) mass is 668 g/mol. The number of aliphatic hydroxyl groups is 1. The zero-order valence-electron chi connectivity index (χ0n) is 25.5. The summed E-state index contributed by atoms with van der Waals surface area (Å²) in [5.41, 5.74) is 4.17. The molecule has 0 saturated heterocycles. The summed E-state index contributed by atoms with van der Waals surface area (Å²) in [6, 6.07) is 7.83. The van der Waals surface area contributed by atoms with Crippen LogP contribution in [0.2, 0.25) is 0 Å². The van der Waals surface area contributed by atoms with Crippen molar-refractivity contribution in [3.05, 3.63) is 43.0 Å². The van der Waals surface area contributed by atoms with Gasteiger partial charge in [0.1, 0.15) is 30.0 Å². The van der Waals surface area contributed by atoms with E-state index < -0.39 is 55.9 Å². The molecule has 3 aromatic rings. The lowest BCUT2D eigenvalue weighted by Gasteiger charge is -2.25. The number of nitrogens with one attached hydrogen (secondary N) is 1. The van der Waals surface area contributed by atoms with E-state index in [1.165, 1.54) is 6.33 Å². The Kier molecular flexibility index (Phi) is 13.6. The van der Waals surface area contributed by atoms with Crippen LogP contribution in [0.25, 0.3) is 11.2 Å². The van der Waals surface area contributed by atoms with Crippen molar-refractivity contribution in [2.24, 2.45) is 0 Å². The van der Waals surface area contributed by atoms with Crippen LogP contribution in [-0.4, -0.2) is 94.0 Å². The minimum Gasteiger partial charge on any atom is -0.481 e. The number of nitrogen functional groups attached to an aromatic ring is 1. The molecule has 7 N–H and O–H groups in total. The zero-order chi connectivity index (χ0) is 34.7. The first-order chi connectivity index (χ1) is 21.4. The van der Waals surface area contributed by atoms with Crippen LogP contribution in [0.4, 0.5) is 5.82 Å². The molecular formula is C27H37N6O12P. The molecule has 0 fully saturated rings. The van der Waals surface area contributed by atoms with E-state index in [1.807, 2.05) is 13.0 Å². The van der Waals surface area contributed by atoms with E-state index in [4.69, 9.17) is 40.2 Å². The fourth-order valence-corrected chi connectivity index (χ4v) is 5.51. The lowest BCUT2D eigenvalue weighted by atomic mass is 9.96. The molecule has 0 aliphatic carbocycles. The van der Waals surface area contributed by atoms with Gasteiger partial charge >= 0.3 is 31.4 Å². The highest BCUT2D eigenvalue weighted by Crippen LogP contribution is 2.44. The van der Waals surface area contributed by atoms with Gasteiger partial charge in [0, 0.05) is 0 Å². The summed E-state index contributed by atoms with van der Waals surface area (Å²) < 4.78 is 32.2. The number of esters is 1. The molecule has 2 aromatic heterocycles. The highest BCUT2D eigenvalue weighted by molar-refractivity contribution is 7.57. The minimum absolute atomic E-state index is 0.272. The quantitative estimate of drug-likeness (QED) is 0.0936. The Hall–Kier alpha value is -4.64. The maximum Gasteiger partial charge on any atom is 0.342 e. The average molecular weight is 669 g/mol. The summed E-state index contributed by atoms with van der Waals surface area (Å²) in [5.74, 6) is -4.87. The average Bonchev–Trinajstić information content (AvgIpc) is 3.35. The van der Waals surface area contributed by atoms with Gasteiger partial charge in [-0.15, -0.1) is 0 Å². The van der Waals surface area contributed by atoms with E-state index in [9.17, 15) is 23.7 Å². The number of ether oxygens (including phenoxy) is 2. The van der Waals surface area contributed by atoms with Gasteiger partial charge in [-0.3, -0.25) is 18.9 Å². The first-order valence-corrected chi connectivity index (χ1v) is 15.5. The van der Waals surface area contributed by atoms with E-state index >= 15 is 0 Å². The third kappa shape index (κ3) is 11.7. The van der Waals surface area contributed by atoms with Crippen LogP contribution in [0.1, 0.15) is 40.5 Å². The number of imidazole rings is 1. The van der Waals surface area contributed by atoms with Crippen molar-refractivity contribution >= 4 is 48.4 Å². The summed E-state index contributed by atoms with van der Waals surface area (Å²) in [7, 11) is -3.64. The molecule has 0 aliphatic heterocycles. The number of carbonyl (C=O) groups excluding carboxylic acids is 1. The molecule has 3 rings (SSSR count). The first-order valence-electron chi connectivity index (χ1n) is 13.7. The Morgan fingerprint density at radius 1 is 1.00 bits per heavy atom. The lowest BCUT2D eigenvalue weighted by Crippen LogP contribution is -2.42. The number of anilines is 1. The molecule has 252 valence electrons. The van der Waals surface area contributed by atoms with Gasteiger partial charge in [0.25, 0.3) is 0 Å². The molecule has 0 aliphatic rings. The number of carboxylic acid groups (broad SMARTS) is 3. The molecular weight excluding hydrogens is 631 g/mol. The summed E-state index contributed by atoms with van der Waals surface area (Å²) in [6.07, 6.45) is -0.278. The van der Waals surface area contributed by atoms with Gasteiger partial charge in [0.2, 0.25) is 0 Å². The zero-order valence-corrected chi connectivity index (χ0v) is 26.4. The molecule has 0 bridgehead atoms. The molecule has 0 amide bonds. The number of fused-ring (bicyclic) bond motifs is 1. The molecule has 1 aromatic carbocycles. The second-order valence-electron chi connectivity index (χ2n) is 10.3. The standard InChI is InChI=1S/C21H29N6O5P.C6H8O7/c1-14(2)31-21(28)16(4)26-33(29,32-17-8-6-5-7-9-17)13-30-15(3)10-27-12-25-18-19(22)23-11-24-20(18)27;7-3(8)1-6(13,5(11)12)2-4(9)10/h5-9,11-12,14-16H,10,13H2,1-4H3,(H,26,29)(H2,22,23,24);13H,1-2H2,(H,7,8)(H,9,10)(H,11,12)/t15-,16+,33+;/m1./s1. The number of para-hydroxylation sites is 1. The number of hydrogen-bond acceptors (Lipinski definition) is 13. The third-order valence-electron chi connectivity index (χ3n) is 5.79. The molecule has 0 unspecified atom stereocenters. The Labute approximate surface area is 263 Å². The van der Waals surface area contributed by atoms with Crippen molar-refractivity contribution in [2.45, 2.75) is 70.9 Å². The fraction of sp³-hybridized carbons (Fsp3) is 0.444. The SMILES string of the molecule is CC(C)OC(=O)[C@H](C)N[P@](=O)(CO[C@H](C)Cn1cnc2c(N)ncnc21)Oc1ccccc1.O=C(O)CC(O)(CC(=O)O)C(=O)O. The summed E-state index contributed by atoms with van der Waals surface area (Å²) in [5, 5.41) is 36.6. The molecule has 2 heterocycles. The van der Waals surface area contributed by atoms with Crippen LogP contribution < -0.4 is 15.3 Å². The van der Waals surface area contributed by atoms with Crippen molar-refractivity contribution in [2.75, 3.05) is 12.1 Å². The molecule has 0 spiro atoms. The van der Waals surface area contributed by atoms with Gasteiger partial charge in [0.15, 0.2) is 17.1 Å². The lowest BCUT2D eigenvalue weighted by molar-refractivity contribution is -0.170. The Morgan fingerprint density at radius 3 is 2.15 bits per heavy atom. The van der Waals surface area contributed by atoms with Gasteiger partial charge in [0.05, 0.1) is 37.9 Å². The number of rotatable bonds is 16. The number of hydrogen-bond donors (Lipinski definition) is 6. The first kappa shape index (κ1) is 37.5. The number of aromatic nitrogens is 4. The number of carbonyl (C=O) groups is 4. The minimum atomic E-state index is -3.64. The normalized spacial score (nSPS) is 14.0. The van der Waals surface area contributed by atoms with Gasteiger partial charge in [-0.05, 0) is 39.8 Å². The Morgan fingerprint density at radius 2 is 1.61 bits per heavy atom. The molecule has 0 saturated carbocycles. The van der Waals surface area contributed by atoms with Gasteiger partial charge in [-0.1, -0.05) is 18.2 Å². The third-order valence-corrected chi connectivity index (χ3v) is 7.57. The number of benzene rings is 1. The van der Waals surface area contributed by atoms with Crippen LogP contribution in [0.3, 0.4) is 0 Å². The highest BCUT2D eigenvalue weighted by atomic mass is 31.2. The van der Waals surface area contributed by atoms with E-state index in [0.717, 1.165) is 0 Å². The van der Waals surface area contributed by atoms with Crippen molar-refractivity contribution < 1.29 is 58.2 Å². The van der Waals surface area contributed by atoms with Crippen LogP contribution in [0.15, 0.2) is 43.0 Å². The largest absolute Gasteiger partial charge is 0.481 e.